The second kappa shape index (κ2) is 5.20. The summed E-state index contributed by atoms with van der Waals surface area (Å²) in [5.41, 5.74) is 0.467. The van der Waals surface area contributed by atoms with Crippen LogP contribution < -0.4 is 0 Å². The van der Waals surface area contributed by atoms with E-state index >= 15 is 0 Å². The molecule has 0 spiro atoms. The van der Waals surface area contributed by atoms with Gasteiger partial charge in [0.05, 0.1) is 6.07 Å². The summed E-state index contributed by atoms with van der Waals surface area (Å²) in [5, 5.41) is 8.36. The number of carbonyl (C=O) groups is 1. The first kappa shape index (κ1) is 11.3. The zero-order valence-electron chi connectivity index (χ0n) is 7.91. The van der Waals surface area contributed by atoms with Gasteiger partial charge in [0.2, 0.25) is 0 Å². The average Bonchev–Trinajstić information content (AvgIpc) is 2.25. The Kier molecular flexibility index (Phi) is 3.92. The summed E-state index contributed by atoms with van der Waals surface area (Å²) in [4.78, 5) is 10.6. The fourth-order valence-electron chi connectivity index (χ4n) is 1.28. The van der Waals surface area contributed by atoms with Gasteiger partial charge < -0.3 is 0 Å². The third-order valence-corrected chi connectivity index (χ3v) is 2.04. The van der Waals surface area contributed by atoms with Crippen LogP contribution in [0.2, 0.25) is 0 Å². The molecule has 15 heavy (non-hydrogen) atoms. The number of hydrogen-bond donors (Lipinski definition) is 0. The van der Waals surface area contributed by atoms with E-state index in [2.05, 4.69) is 0 Å². The van der Waals surface area contributed by atoms with Gasteiger partial charge in [0.25, 0.3) is 6.43 Å². The van der Waals surface area contributed by atoms with Crippen molar-refractivity contribution < 1.29 is 13.6 Å². The highest BCUT2D eigenvalue weighted by atomic mass is 19.3. The van der Waals surface area contributed by atoms with Crippen LogP contribution in [0.3, 0.4) is 0 Å². The molecule has 0 unspecified atom stereocenters. The van der Waals surface area contributed by atoms with E-state index in [-0.39, 0.29) is 11.1 Å². The fourth-order valence-corrected chi connectivity index (χ4v) is 1.28. The third-order valence-electron chi connectivity index (χ3n) is 2.04. The minimum atomic E-state index is -2.64. The summed E-state index contributed by atoms with van der Waals surface area (Å²) in [7, 11) is 0. The lowest BCUT2D eigenvalue weighted by molar-refractivity contribution is 0.110. The maximum absolute atomic E-state index is 12.4. The fraction of sp³-hybridized carbons (Fsp3) is 0.273. The van der Waals surface area contributed by atoms with E-state index in [9.17, 15) is 13.6 Å². The van der Waals surface area contributed by atoms with E-state index in [1.807, 2.05) is 6.07 Å². The molecule has 0 N–H and O–H groups in total. The number of alkyl halides is 2. The SMILES string of the molecule is N#CCCc1ccc(C(F)F)c(C=O)c1. The first-order chi connectivity index (χ1) is 7.19. The van der Waals surface area contributed by atoms with Gasteiger partial charge in [-0.15, -0.1) is 0 Å². The summed E-state index contributed by atoms with van der Waals surface area (Å²) in [6, 6.07) is 6.12. The van der Waals surface area contributed by atoms with Crippen LogP contribution in [0.15, 0.2) is 18.2 Å². The van der Waals surface area contributed by atoms with E-state index < -0.39 is 6.43 Å². The van der Waals surface area contributed by atoms with Crippen LogP contribution in [0.5, 0.6) is 0 Å². The number of rotatable bonds is 4. The van der Waals surface area contributed by atoms with Crippen molar-refractivity contribution in [3.8, 4) is 6.07 Å². The van der Waals surface area contributed by atoms with Crippen molar-refractivity contribution in [1.29, 1.82) is 5.26 Å². The lowest BCUT2D eigenvalue weighted by Gasteiger charge is -2.05. The standard InChI is InChI=1S/C11H9F2NO/c12-11(13)10-4-3-8(2-1-5-14)6-9(10)7-15/h3-4,6-7,11H,1-2H2. The lowest BCUT2D eigenvalue weighted by Crippen LogP contribution is -1.95. The lowest BCUT2D eigenvalue weighted by atomic mass is 10.0. The number of nitriles is 1. The van der Waals surface area contributed by atoms with E-state index in [0.717, 1.165) is 5.56 Å². The number of hydrogen-bond acceptors (Lipinski definition) is 2. The molecule has 0 fully saturated rings. The molecular weight excluding hydrogens is 200 g/mol. The predicted molar refractivity (Wildman–Crippen MR) is 50.7 cm³/mol. The highest BCUT2D eigenvalue weighted by molar-refractivity contribution is 5.77. The molecule has 0 bridgehead atoms. The first-order valence-corrected chi connectivity index (χ1v) is 4.42. The normalized spacial score (nSPS) is 10.0. The maximum atomic E-state index is 12.4. The van der Waals surface area contributed by atoms with Crippen molar-refractivity contribution >= 4 is 6.29 Å². The summed E-state index contributed by atoms with van der Waals surface area (Å²) in [6.45, 7) is 0. The van der Waals surface area contributed by atoms with Crippen molar-refractivity contribution in [1.82, 2.24) is 0 Å². The van der Waals surface area contributed by atoms with Crippen LogP contribution in [0, 0.1) is 11.3 Å². The monoisotopic (exact) mass is 209 g/mol. The molecule has 1 aromatic rings. The van der Waals surface area contributed by atoms with Crippen molar-refractivity contribution in [2.24, 2.45) is 0 Å². The number of halogens is 2. The van der Waals surface area contributed by atoms with Crippen LogP contribution >= 0.6 is 0 Å². The third kappa shape index (κ3) is 2.84. The molecule has 4 heteroatoms. The molecule has 0 saturated heterocycles. The van der Waals surface area contributed by atoms with Crippen molar-refractivity contribution in [2.45, 2.75) is 19.3 Å². The van der Waals surface area contributed by atoms with Crippen molar-refractivity contribution in [3.05, 3.63) is 34.9 Å². The Morgan fingerprint density at radius 3 is 2.73 bits per heavy atom. The molecule has 1 rings (SSSR count). The smallest absolute Gasteiger partial charge is 0.264 e. The highest BCUT2D eigenvalue weighted by Gasteiger charge is 2.12. The maximum Gasteiger partial charge on any atom is 0.264 e. The molecule has 0 heterocycles. The molecule has 1 aromatic carbocycles. The Hall–Kier alpha value is -1.76. The molecule has 0 radical (unpaired) electrons. The van der Waals surface area contributed by atoms with Gasteiger partial charge in [0.1, 0.15) is 0 Å². The molecule has 0 aliphatic heterocycles. The van der Waals surface area contributed by atoms with E-state index in [1.165, 1.54) is 18.2 Å². The zero-order chi connectivity index (χ0) is 11.3. The molecule has 0 aliphatic carbocycles. The number of aldehydes is 1. The average molecular weight is 209 g/mol. The van der Waals surface area contributed by atoms with Crippen LogP contribution in [-0.4, -0.2) is 6.29 Å². The molecule has 0 aromatic heterocycles. The topological polar surface area (TPSA) is 40.9 Å². The van der Waals surface area contributed by atoms with Gasteiger partial charge in [-0.3, -0.25) is 4.79 Å². The number of nitrogens with zero attached hydrogens (tertiary/aromatic N) is 1. The van der Waals surface area contributed by atoms with Crippen LogP contribution in [0.25, 0.3) is 0 Å². The summed E-state index contributed by atoms with van der Waals surface area (Å²) < 4.78 is 24.8. The minimum Gasteiger partial charge on any atom is -0.298 e. The highest BCUT2D eigenvalue weighted by Crippen LogP contribution is 2.23. The Balaban J connectivity index is 2.98. The largest absolute Gasteiger partial charge is 0.298 e. The second-order valence-electron chi connectivity index (χ2n) is 3.04. The summed E-state index contributed by atoms with van der Waals surface area (Å²) in [5.74, 6) is 0. The van der Waals surface area contributed by atoms with E-state index in [4.69, 9.17) is 5.26 Å². The molecule has 0 atom stereocenters. The van der Waals surface area contributed by atoms with Crippen LogP contribution in [0.1, 0.15) is 34.3 Å². The number of benzene rings is 1. The van der Waals surface area contributed by atoms with E-state index in [0.29, 0.717) is 19.1 Å². The van der Waals surface area contributed by atoms with Gasteiger partial charge in [0.15, 0.2) is 6.29 Å². The van der Waals surface area contributed by atoms with Gasteiger partial charge in [-0.1, -0.05) is 12.1 Å². The Labute approximate surface area is 86.1 Å². The molecule has 0 aliphatic rings. The molecule has 2 nitrogen and oxygen atoms in total. The van der Waals surface area contributed by atoms with Gasteiger partial charge in [-0.05, 0) is 18.1 Å². The second-order valence-corrected chi connectivity index (χ2v) is 3.04. The van der Waals surface area contributed by atoms with E-state index in [1.54, 1.807) is 0 Å². The quantitative estimate of drug-likeness (QED) is 0.715. The Bertz CT molecular complexity index is 396. The van der Waals surface area contributed by atoms with Gasteiger partial charge in [-0.25, -0.2) is 8.78 Å². The molecule has 78 valence electrons. The van der Waals surface area contributed by atoms with Crippen LogP contribution in [0.4, 0.5) is 8.78 Å². The van der Waals surface area contributed by atoms with Gasteiger partial charge in [-0.2, -0.15) is 5.26 Å². The number of aryl methyl sites for hydroxylation is 1. The van der Waals surface area contributed by atoms with Crippen molar-refractivity contribution in [2.75, 3.05) is 0 Å². The van der Waals surface area contributed by atoms with Crippen LogP contribution in [-0.2, 0) is 6.42 Å². The van der Waals surface area contributed by atoms with Crippen molar-refractivity contribution in [3.63, 3.8) is 0 Å². The molecule has 0 amide bonds. The first-order valence-electron chi connectivity index (χ1n) is 4.42. The Morgan fingerprint density at radius 2 is 2.20 bits per heavy atom. The summed E-state index contributed by atoms with van der Waals surface area (Å²) >= 11 is 0. The predicted octanol–water partition coefficient (Wildman–Crippen LogP) is 2.89. The zero-order valence-corrected chi connectivity index (χ0v) is 7.91. The molecule has 0 saturated carbocycles. The summed E-state index contributed by atoms with van der Waals surface area (Å²) in [6.07, 6.45) is -1.44. The minimum absolute atomic E-state index is 0.000407. The Morgan fingerprint density at radius 1 is 1.47 bits per heavy atom. The number of carbonyl (C=O) groups excluding carboxylic acids is 1. The van der Waals surface area contributed by atoms with Gasteiger partial charge >= 0.3 is 0 Å². The van der Waals surface area contributed by atoms with Gasteiger partial charge in [0, 0.05) is 17.5 Å². The molecular formula is C11H9F2NO.